The molecule has 0 aliphatic rings. The number of benzene rings is 1. The molecule has 0 radical (unpaired) electrons. The first-order valence-electron chi connectivity index (χ1n) is 4.76. The minimum Gasteiger partial charge on any atom is -0.321 e. The van der Waals surface area contributed by atoms with Crippen LogP contribution in [0.3, 0.4) is 0 Å². The van der Waals surface area contributed by atoms with Crippen LogP contribution in [0.5, 0.6) is 0 Å². The van der Waals surface area contributed by atoms with Crippen molar-refractivity contribution in [3.63, 3.8) is 0 Å². The third-order valence-corrected chi connectivity index (χ3v) is 3.27. The van der Waals surface area contributed by atoms with E-state index in [1.165, 1.54) is 6.92 Å². The number of pyridine rings is 1. The predicted octanol–water partition coefficient (Wildman–Crippen LogP) is 3.45. The zero-order valence-corrected chi connectivity index (χ0v) is 9.58. The maximum absolute atomic E-state index is 12.3. The third-order valence-electron chi connectivity index (χ3n) is 2.34. The van der Waals surface area contributed by atoms with Gasteiger partial charge >= 0.3 is 5.51 Å². The maximum Gasteiger partial charge on any atom is 0.446 e. The van der Waals surface area contributed by atoms with Crippen molar-refractivity contribution in [1.82, 2.24) is 4.98 Å². The van der Waals surface area contributed by atoms with E-state index in [0.717, 1.165) is 0 Å². The van der Waals surface area contributed by atoms with Crippen molar-refractivity contribution in [3.05, 3.63) is 40.2 Å². The standard InChI is InChI=1S/C11H8F3NOS/c1-6-7-4-2-3-5-8(7)15-10(16)9(6)17-11(12,13)14/h2-5H,1H3,(H,15,16). The zero-order chi connectivity index (χ0) is 12.6. The van der Waals surface area contributed by atoms with Gasteiger partial charge in [0.2, 0.25) is 0 Å². The van der Waals surface area contributed by atoms with E-state index in [9.17, 15) is 18.0 Å². The summed E-state index contributed by atoms with van der Waals surface area (Å²) >= 11 is -0.375. The Kier molecular flexibility index (Phi) is 2.91. The number of aryl methyl sites for hydroxylation is 1. The van der Waals surface area contributed by atoms with E-state index >= 15 is 0 Å². The summed E-state index contributed by atoms with van der Waals surface area (Å²) in [6.45, 7) is 1.52. The molecule has 0 aliphatic carbocycles. The molecule has 0 saturated carbocycles. The molecule has 1 aromatic heterocycles. The Labute approximate surface area is 98.8 Å². The van der Waals surface area contributed by atoms with Crippen LogP contribution in [-0.2, 0) is 0 Å². The Morgan fingerprint density at radius 2 is 1.88 bits per heavy atom. The first-order chi connectivity index (χ1) is 7.88. The highest BCUT2D eigenvalue weighted by Gasteiger charge is 2.31. The van der Waals surface area contributed by atoms with Crippen molar-refractivity contribution in [2.75, 3.05) is 0 Å². The van der Waals surface area contributed by atoms with Gasteiger partial charge in [-0.3, -0.25) is 4.79 Å². The van der Waals surface area contributed by atoms with Gasteiger partial charge in [-0.05, 0) is 30.3 Å². The molecule has 0 saturated heterocycles. The second kappa shape index (κ2) is 4.10. The number of H-pyrrole nitrogens is 1. The van der Waals surface area contributed by atoms with Crippen LogP contribution in [0.15, 0.2) is 34.0 Å². The second-order valence-electron chi connectivity index (χ2n) is 3.50. The number of fused-ring (bicyclic) bond motifs is 1. The third kappa shape index (κ3) is 2.46. The molecule has 0 spiro atoms. The quantitative estimate of drug-likeness (QED) is 0.796. The molecule has 2 nitrogen and oxygen atoms in total. The van der Waals surface area contributed by atoms with E-state index in [-0.39, 0.29) is 16.7 Å². The van der Waals surface area contributed by atoms with Crippen molar-refractivity contribution >= 4 is 22.7 Å². The smallest absolute Gasteiger partial charge is 0.321 e. The van der Waals surface area contributed by atoms with Crippen LogP contribution in [0.1, 0.15) is 5.56 Å². The van der Waals surface area contributed by atoms with Gasteiger partial charge in [0.05, 0.1) is 4.90 Å². The van der Waals surface area contributed by atoms with Gasteiger partial charge in [-0.15, -0.1) is 0 Å². The van der Waals surface area contributed by atoms with Crippen molar-refractivity contribution in [1.29, 1.82) is 0 Å². The minimum absolute atomic E-state index is 0.295. The summed E-state index contributed by atoms with van der Waals surface area (Å²) in [6, 6.07) is 6.77. The van der Waals surface area contributed by atoms with Gasteiger partial charge in [-0.25, -0.2) is 0 Å². The number of hydrogen-bond acceptors (Lipinski definition) is 2. The Hall–Kier alpha value is -1.43. The van der Waals surface area contributed by atoms with Gasteiger partial charge in [0.25, 0.3) is 5.56 Å². The summed E-state index contributed by atoms with van der Waals surface area (Å²) in [5.41, 5.74) is -4.27. The van der Waals surface area contributed by atoms with Gasteiger partial charge in [-0.1, -0.05) is 18.2 Å². The van der Waals surface area contributed by atoms with Crippen LogP contribution >= 0.6 is 11.8 Å². The summed E-state index contributed by atoms with van der Waals surface area (Å²) in [5, 5.41) is 0.624. The van der Waals surface area contributed by atoms with Gasteiger partial charge in [0.15, 0.2) is 0 Å². The number of hydrogen-bond donors (Lipinski definition) is 1. The number of aromatic nitrogens is 1. The molecule has 0 bridgehead atoms. The fourth-order valence-electron chi connectivity index (χ4n) is 1.63. The van der Waals surface area contributed by atoms with E-state index < -0.39 is 11.1 Å². The molecule has 1 N–H and O–H groups in total. The monoisotopic (exact) mass is 259 g/mol. The average Bonchev–Trinajstić information content (AvgIpc) is 2.23. The number of nitrogens with one attached hydrogen (secondary N) is 1. The number of alkyl halides is 3. The molecule has 0 fully saturated rings. The SMILES string of the molecule is Cc1c(SC(F)(F)F)c(=O)[nH]c2ccccc12. The molecule has 2 rings (SSSR count). The largest absolute Gasteiger partial charge is 0.446 e. The van der Waals surface area contributed by atoms with Gasteiger partial charge < -0.3 is 4.98 Å². The predicted molar refractivity (Wildman–Crippen MR) is 61.2 cm³/mol. The number of rotatable bonds is 1. The normalized spacial score (nSPS) is 12.0. The first kappa shape index (κ1) is 12.0. The van der Waals surface area contributed by atoms with Crippen molar-refractivity contribution in [2.24, 2.45) is 0 Å². The summed E-state index contributed by atoms with van der Waals surface area (Å²) in [4.78, 5) is 13.7. The Morgan fingerprint density at radius 1 is 1.24 bits per heavy atom. The van der Waals surface area contributed by atoms with Crippen molar-refractivity contribution in [2.45, 2.75) is 17.3 Å². The summed E-state index contributed by atoms with van der Waals surface area (Å²) < 4.78 is 36.9. The van der Waals surface area contributed by atoms with E-state index in [1.54, 1.807) is 24.3 Å². The second-order valence-corrected chi connectivity index (χ2v) is 4.58. The van der Waals surface area contributed by atoms with Crippen molar-refractivity contribution < 1.29 is 13.2 Å². The van der Waals surface area contributed by atoms with Crippen molar-refractivity contribution in [3.8, 4) is 0 Å². The number of aromatic amines is 1. The Morgan fingerprint density at radius 3 is 2.53 bits per heavy atom. The summed E-state index contributed by atoms with van der Waals surface area (Å²) in [7, 11) is 0. The highest BCUT2D eigenvalue weighted by molar-refractivity contribution is 8.00. The molecule has 6 heteroatoms. The molecule has 1 heterocycles. The Balaban J connectivity index is 2.68. The molecule has 90 valence electrons. The maximum atomic E-state index is 12.3. The molecule has 0 aliphatic heterocycles. The molecule has 0 unspecified atom stereocenters. The fourth-order valence-corrected chi connectivity index (χ4v) is 2.27. The minimum atomic E-state index is -4.46. The highest BCUT2D eigenvalue weighted by atomic mass is 32.2. The van der Waals surface area contributed by atoms with Crippen LogP contribution in [0.2, 0.25) is 0 Å². The average molecular weight is 259 g/mol. The van der Waals surface area contributed by atoms with E-state index in [0.29, 0.717) is 16.5 Å². The van der Waals surface area contributed by atoms with E-state index in [2.05, 4.69) is 4.98 Å². The number of thioether (sulfide) groups is 1. The van der Waals surface area contributed by atoms with Crippen LogP contribution in [0.25, 0.3) is 10.9 Å². The zero-order valence-electron chi connectivity index (χ0n) is 8.76. The lowest BCUT2D eigenvalue weighted by Crippen LogP contribution is -2.14. The Bertz CT molecular complexity index is 618. The molecule has 1 aromatic carbocycles. The molecular formula is C11H8F3NOS. The molecule has 2 aromatic rings. The molecule has 0 atom stereocenters. The first-order valence-corrected chi connectivity index (χ1v) is 5.57. The topological polar surface area (TPSA) is 32.9 Å². The van der Waals surface area contributed by atoms with Gasteiger partial charge in [0, 0.05) is 10.9 Å². The van der Waals surface area contributed by atoms with Crippen LogP contribution in [0, 0.1) is 6.92 Å². The lowest BCUT2D eigenvalue weighted by molar-refractivity contribution is -0.0328. The summed E-state index contributed by atoms with van der Waals surface area (Å²) in [6.07, 6.45) is 0. The molecule has 0 amide bonds. The number of halogens is 3. The number of para-hydroxylation sites is 1. The van der Waals surface area contributed by atoms with Gasteiger partial charge in [0.1, 0.15) is 0 Å². The lowest BCUT2D eigenvalue weighted by atomic mass is 10.1. The lowest BCUT2D eigenvalue weighted by Gasteiger charge is -2.09. The summed E-state index contributed by atoms with van der Waals surface area (Å²) in [5.74, 6) is 0. The van der Waals surface area contributed by atoms with Gasteiger partial charge in [-0.2, -0.15) is 13.2 Å². The van der Waals surface area contributed by atoms with E-state index in [1.807, 2.05) is 0 Å². The van der Waals surface area contributed by atoms with E-state index in [4.69, 9.17) is 0 Å². The molecule has 17 heavy (non-hydrogen) atoms. The van der Waals surface area contributed by atoms with Crippen LogP contribution in [0.4, 0.5) is 13.2 Å². The fraction of sp³-hybridized carbons (Fsp3) is 0.182. The van der Waals surface area contributed by atoms with Crippen LogP contribution < -0.4 is 5.56 Å². The highest BCUT2D eigenvalue weighted by Crippen LogP contribution is 2.37. The molecular weight excluding hydrogens is 251 g/mol. The van der Waals surface area contributed by atoms with Crippen LogP contribution in [-0.4, -0.2) is 10.5 Å².